The van der Waals surface area contributed by atoms with Gasteiger partial charge in [-0.25, -0.2) is 9.48 Å². The minimum atomic E-state index is -1.06. The summed E-state index contributed by atoms with van der Waals surface area (Å²) in [7, 11) is 2.01. The third kappa shape index (κ3) is 3.14. The van der Waals surface area contributed by atoms with Crippen LogP contribution in [0.1, 0.15) is 21.6 Å². The Bertz CT molecular complexity index is 621. The number of carboxylic acid groups (broad SMARTS) is 1. The topological polar surface area (TPSA) is 71.2 Å². The average molecular weight is 274 g/mol. The molecular formula is C14H18N4O2. The molecule has 6 heteroatoms. The number of carboxylic acids is 1. The maximum Gasteiger partial charge on any atom is 0.358 e. The minimum absolute atomic E-state index is 0.0285. The number of hydrogen-bond acceptors (Lipinski definition) is 4. The second kappa shape index (κ2) is 5.73. The first-order chi connectivity index (χ1) is 9.47. The predicted octanol–water partition coefficient (Wildman–Crippen LogP) is 1.73. The van der Waals surface area contributed by atoms with Gasteiger partial charge in [0.1, 0.15) is 0 Å². The van der Waals surface area contributed by atoms with Crippen LogP contribution in [0.25, 0.3) is 0 Å². The fourth-order valence-corrected chi connectivity index (χ4v) is 2.11. The molecule has 6 nitrogen and oxygen atoms in total. The largest absolute Gasteiger partial charge is 0.476 e. The summed E-state index contributed by atoms with van der Waals surface area (Å²) in [6.07, 6.45) is 1.44. The number of hydrogen-bond donors (Lipinski definition) is 1. The van der Waals surface area contributed by atoms with Crippen molar-refractivity contribution in [3.63, 3.8) is 0 Å². The van der Waals surface area contributed by atoms with Gasteiger partial charge in [0.2, 0.25) is 0 Å². The zero-order valence-corrected chi connectivity index (χ0v) is 11.9. The molecule has 0 aliphatic carbocycles. The lowest BCUT2D eigenvalue weighted by Gasteiger charge is -2.21. The van der Waals surface area contributed by atoms with Gasteiger partial charge in [-0.1, -0.05) is 22.9 Å². The summed E-state index contributed by atoms with van der Waals surface area (Å²) in [5.74, 6) is -1.06. The van der Waals surface area contributed by atoms with E-state index in [-0.39, 0.29) is 5.69 Å². The van der Waals surface area contributed by atoms with Crippen molar-refractivity contribution in [1.29, 1.82) is 0 Å². The van der Waals surface area contributed by atoms with Gasteiger partial charge < -0.3 is 10.0 Å². The third-order valence-corrected chi connectivity index (χ3v) is 3.19. The van der Waals surface area contributed by atoms with Gasteiger partial charge in [-0.2, -0.15) is 0 Å². The number of benzene rings is 1. The van der Waals surface area contributed by atoms with Crippen LogP contribution in [-0.4, -0.2) is 39.7 Å². The van der Waals surface area contributed by atoms with Crippen LogP contribution in [0, 0.1) is 13.8 Å². The Kier molecular flexibility index (Phi) is 4.02. The second-order valence-electron chi connectivity index (χ2n) is 4.88. The molecule has 106 valence electrons. The van der Waals surface area contributed by atoms with Crippen LogP contribution in [0.3, 0.4) is 0 Å². The highest BCUT2D eigenvalue weighted by Crippen LogP contribution is 2.19. The summed E-state index contributed by atoms with van der Waals surface area (Å²) < 4.78 is 1.55. The maximum atomic E-state index is 10.7. The number of likely N-dealkylation sites (N-methyl/N-ethyl adjacent to an activating group) is 1. The molecule has 2 aromatic rings. The number of rotatable bonds is 5. The Hall–Kier alpha value is -2.37. The summed E-state index contributed by atoms with van der Waals surface area (Å²) in [5.41, 5.74) is 3.59. The van der Waals surface area contributed by atoms with E-state index >= 15 is 0 Å². The Morgan fingerprint density at radius 2 is 2.15 bits per heavy atom. The van der Waals surface area contributed by atoms with Gasteiger partial charge >= 0.3 is 5.97 Å². The summed E-state index contributed by atoms with van der Waals surface area (Å²) in [6.45, 7) is 5.47. The highest BCUT2D eigenvalue weighted by atomic mass is 16.4. The van der Waals surface area contributed by atoms with Gasteiger partial charge in [-0.3, -0.25) is 0 Å². The average Bonchev–Trinajstić information content (AvgIpc) is 2.85. The molecule has 0 spiro atoms. The molecule has 20 heavy (non-hydrogen) atoms. The van der Waals surface area contributed by atoms with Crippen LogP contribution in [0.4, 0.5) is 5.69 Å². The van der Waals surface area contributed by atoms with Crippen LogP contribution in [0.5, 0.6) is 0 Å². The van der Waals surface area contributed by atoms with Crippen LogP contribution >= 0.6 is 0 Å². The van der Waals surface area contributed by atoms with Crippen molar-refractivity contribution in [2.75, 3.05) is 18.5 Å². The molecule has 0 aliphatic heterocycles. The summed E-state index contributed by atoms with van der Waals surface area (Å²) in [5, 5.41) is 16.2. The summed E-state index contributed by atoms with van der Waals surface area (Å²) in [6, 6.07) is 6.31. The van der Waals surface area contributed by atoms with Crippen molar-refractivity contribution in [1.82, 2.24) is 15.0 Å². The van der Waals surface area contributed by atoms with Crippen LogP contribution in [-0.2, 0) is 6.54 Å². The second-order valence-corrected chi connectivity index (χ2v) is 4.88. The smallest absolute Gasteiger partial charge is 0.358 e. The molecule has 1 N–H and O–H groups in total. The molecule has 1 aromatic heterocycles. The molecule has 0 atom stereocenters. The molecule has 0 bridgehead atoms. The van der Waals surface area contributed by atoms with E-state index in [9.17, 15) is 4.79 Å². The van der Waals surface area contributed by atoms with E-state index in [0.29, 0.717) is 6.54 Å². The van der Waals surface area contributed by atoms with Crippen molar-refractivity contribution in [2.45, 2.75) is 20.4 Å². The molecule has 0 aliphatic rings. The molecule has 0 radical (unpaired) electrons. The molecule has 2 rings (SSSR count). The van der Waals surface area contributed by atoms with Gasteiger partial charge in [-0.15, -0.1) is 5.10 Å². The van der Waals surface area contributed by atoms with E-state index < -0.39 is 5.97 Å². The van der Waals surface area contributed by atoms with Crippen molar-refractivity contribution in [3.8, 4) is 0 Å². The quantitative estimate of drug-likeness (QED) is 0.899. The van der Waals surface area contributed by atoms with Crippen molar-refractivity contribution >= 4 is 11.7 Å². The summed E-state index contributed by atoms with van der Waals surface area (Å²) in [4.78, 5) is 12.8. The standard InChI is InChI=1S/C14H18N4O2/c1-10-4-5-13(11(2)8-10)17(3)6-7-18-9-12(14(19)20)15-16-18/h4-5,8-9H,6-7H2,1-3H3,(H,19,20). The molecular weight excluding hydrogens is 256 g/mol. The van der Waals surface area contributed by atoms with Crippen LogP contribution in [0.2, 0.25) is 0 Å². The Morgan fingerprint density at radius 1 is 1.40 bits per heavy atom. The first kappa shape index (κ1) is 14.0. The molecule has 0 amide bonds. The minimum Gasteiger partial charge on any atom is -0.476 e. The number of aromatic nitrogens is 3. The molecule has 1 heterocycles. The normalized spacial score (nSPS) is 10.6. The van der Waals surface area contributed by atoms with Gasteiger partial charge in [0.25, 0.3) is 0 Å². The number of anilines is 1. The zero-order valence-electron chi connectivity index (χ0n) is 11.9. The van der Waals surface area contributed by atoms with Crippen LogP contribution < -0.4 is 4.90 Å². The molecule has 0 fully saturated rings. The number of aromatic carboxylic acids is 1. The Labute approximate surface area is 117 Å². The van der Waals surface area contributed by atoms with E-state index in [1.54, 1.807) is 4.68 Å². The van der Waals surface area contributed by atoms with E-state index in [1.807, 2.05) is 7.05 Å². The maximum absolute atomic E-state index is 10.7. The predicted molar refractivity (Wildman–Crippen MR) is 76.2 cm³/mol. The van der Waals surface area contributed by atoms with Crippen molar-refractivity contribution < 1.29 is 9.90 Å². The highest BCUT2D eigenvalue weighted by Gasteiger charge is 2.09. The number of carbonyl (C=O) groups is 1. The Morgan fingerprint density at radius 3 is 2.75 bits per heavy atom. The van der Waals surface area contributed by atoms with Crippen LogP contribution in [0.15, 0.2) is 24.4 Å². The fourth-order valence-electron chi connectivity index (χ4n) is 2.11. The highest BCUT2D eigenvalue weighted by molar-refractivity contribution is 5.84. The number of nitrogens with zero attached hydrogens (tertiary/aromatic N) is 4. The van der Waals surface area contributed by atoms with E-state index in [0.717, 1.165) is 12.2 Å². The first-order valence-corrected chi connectivity index (χ1v) is 6.39. The lowest BCUT2D eigenvalue weighted by molar-refractivity contribution is 0.0690. The zero-order chi connectivity index (χ0) is 14.7. The van der Waals surface area contributed by atoms with E-state index in [2.05, 4.69) is 47.3 Å². The summed E-state index contributed by atoms with van der Waals surface area (Å²) >= 11 is 0. The van der Waals surface area contributed by atoms with Crippen molar-refractivity contribution in [3.05, 3.63) is 41.2 Å². The molecule has 0 saturated carbocycles. The van der Waals surface area contributed by atoms with Gasteiger partial charge in [0.15, 0.2) is 5.69 Å². The monoisotopic (exact) mass is 274 g/mol. The van der Waals surface area contributed by atoms with E-state index in [4.69, 9.17) is 5.11 Å². The van der Waals surface area contributed by atoms with Gasteiger partial charge in [-0.05, 0) is 25.5 Å². The SMILES string of the molecule is Cc1ccc(N(C)CCn2cc(C(=O)O)nn2)c(C)c1. The molecule has 0 unspecified atom stereocenters. The first-order valence-electron chi connectivity index (χ1n) is 6.39. The molecule has 1 aromatic carbocycles. The van der Waals surface area contributed by atoms with Crippen molar-refractivity contribution in [2.24, 2.45) is 0 Å². The fraction of sp³-hybridized carbons (Fsp3) is 0.357. The van der Waals surface area contributed by atoms with E-state index in [1.165, 1.54) is 17.3 Å². The lowest BCUT2D eigenvalue weighted by Crippen LogP contribution is -2.23. The number of aryl methyl sites for hydroxylation is 2. The third-order valence-electron chi connectivity index (χ3n) is 3.19. The molecule has 0 saturated heterocycles. The lowest BCUT2D eigenvalue weighted by atomic mass is 10.1. The van der Waals surface area contributed by atoms with Gasteiger partial charge in [0, 0.05) is 19.3 Å². The Balaban J connectivity index is 2.00. The van der Waals surface area contributed by atoms with Gasteiger partial charge in [0.05, 0.1) is 12.7 Å².